The van der Waals surface area contributed by atoms with Gasteiger partial charge in [-0.2, -0.15) is 0 Å². The lowest BCUT2D eigenvalue weighted by Gasteiger charge is -2.09. The minimum absolute atomic E-state index is 0.0841. The molecular weight excluding hydrogens is 536 g/mol. The van der Waals surface area contributed by atoms with Crippen LogP contribution in [0.5, 0.6) is 0 Å². The van der Waals surface area contributed by atoms with Gasteiger partial charge in [-0.25, -0.2) is 18.2 Å². The number of hydrogen-bond donors (Lipinski definition) is 4. The Morgan fingerprint density at radius 2 is 1.38 bits per heavy atom. The van der Waals surface area contributed by atoms with E-state index in [1.807, 2.05) is 0 Å². The predicted octanol–water partition coefficient (Wildman–Crippen LogP) is -0.121. The fraction of sp³-hybridized carbons (Fsp3) is 0.417. The molecule has 15 heteroatoms. The van der Waals surface area contributed by atoms with E-state index in [2.05, 4.69) is 20.3 Å². The summed E-state index contributed by atoms with van der Waals surface area (Å²) >= 11 is 0. The molecule has 0 unspecified atom stereocenters. The largest absolute Gasteiger partial charge is 0.480 e. The number of carboxylic acid groups (broad SMARTS) is 1. The highest BCUT2D eigenvalue weighted by atomic mass is 32.2. The molecule has 0 fully saturated rings. The summed E-state index contributed by atoms with van der Waals surface area (Å²) in [6.45, 7) is 1.23. The standard InChI is InChI=1S/C24H32N4O10S/c29-22(25-8-10-35-13-15-38-18-23(30)31)17-37-14-12-36-11-9-26-24(32)19-6-7-21(27-16-19)28-39(33,34)20-4-2-1-3-5-20/h1-7,16H,8-15,17-18H2,(H,25,29)(H,26,32)(H,27,28)(H,30,31). The van der Waals surface area contributed by atoms with Gasteiger partial charge in [0.15, 0.2) is 0 Å². The third kappa shape index (κ3) is 13.6. The SMILES string of the molecule is O=C(O)COCCOCCNC(=O)COCCOCCNC(=O)c1ccc(NS(=O)(=O)c2ccccc2)nc1. The molecule has 0 saturated heterocycles. The van der Waals surface area contributed by atoms with E-state index < -0.39 is 21.9 Å². The van der Waals surface area contributed by atoms with E-state index in [0.29, 0.717) is 0 Å². The van der Waals surface area contributed by atoms with E-state index in [4.69, 9.17) is 24.1 Å². The predicted molar refractivity (Wildman–Crippen MR) is 138 cm³/mol. The number of nitrogens with zero attached hydrogens (tertiary/aromatic N) is 1. The van der Waals surface area contributed by atoms with E-state index >= 15 is 0 Å². The van der Waals surface area contributed by atoms with Crippen molar-refractivity contribution in [1.29, 1.82) is 0 Å². The van der Waals surface area contributed by atoms with Crippen molar-refractivity contribution in [3.63, 3.8) is 0 Å². The molecule has 0 aliphatic rings. The van der Waals surface area contributed by atoms with Gasteiger partial charge in [-0.15, -0.1) is 0 Å². The van der Waals surface area contributed by atoms with Crippen molar-refractivity contribution in [1.82, 2.24) is 15.6 Å². The molecule has 14 nitrogen and oxygen atoms in total. The van der Waals surface area contributed by atoms with Crippen LogP contribution in [-0.2, 0) is 38.6 Å². The molecule has 0 spiro atoms. The molecule has 1 aromatic carbocycles. The van der Waals surface area contributed by atoms with E-state index in [0.717, 1.165) is 0 Å². The number of rotatable bonds is 20. The zero-order valence-corrected chi connectivity index (χ0v) is 22.0. The molecule has 0 bridgehead atoms. The first-order chi connectivity index (χ1) is 18.8. The van der Waals surface area contributed by atoms with Crippen LogP contribution in [0.2, 0.25) is 0 Å². The second kappa shape index (κ2) is 17.8. The maximum absolute atomic E-state index is 12.3. The van der Waals surface area contributed by atoms with E-state index in [1.165, 1.54) is 30.5 Å². The van der Waals surface area contributed by atoms with Crippen molar-refractivity contribution in [2.45, 2.75) is 4.90 Å². The highest BCUT2D eigenvalue weighted by Gasteiger charge is 2.14. The fourth-order valence-electron chi connectivity index (χ4n) is 2.80. The topological polar surface area (TPSA) is 191 Å². The van der Waals surface area contributed by atoms with Crippen LogP contribution in [-0.4, -0.2) is 102 Å². The van der Waals surface area contributed by atoms with Gasteiger partial charge in [0.1, 0.15) is 19.0 Å². The van der Waals surface area contributed by atoms with Gasteiger partial charge in [0.25, 0.3) is 15.9 Å². The molecular formula is C24H32N4O10S. The molecule has 0 saturated carbocycles. The Balaban J connectivity index is 1.48. The normalized spacial score (nSPS) is 11.1. The van der Waals surface area contributed by atoms with Crippen LogP contribution in [0.1, 0.15) is 10.4 Å². The summed E-state index contributed by atoms with van der Waals surface area (Å²) in [5, 5.41) is 13.7. The maximum atomic E-state index is 12.3. The van der Waals surface area contributed by atoms with Crippen LogP contribution in [0.4, 0.5) is 5.82 Å². The van der Waals surface area contributed by atoms with Crippen molar-refractivity contribution in [3.05, 3.63) is 54.2 Å². The Morgan fingerprint density at radius 3 is 2.00 bits per heavy atom. The van der Waals surface area contributed by atoms with E-state index in [9.17, 15) is 22.8 Å². The van der Waals surface area contributed by atoms with Crippen LogP contribution in [0.25, 0.3) is 0 Å². The molecule has 2 aromatic rings. The number of carbonyl (C=O) groups is 3. The molecule has 0 aliphatic carbocycles. The number of carbonyl (C=O) groups excluding carboxylic acids is 2. The van der Waals surface area contributed by atoms with Crippen molar-refractivity contribution in [2.24, 2.45) is 0 Å². The van der Waals surface area contributed by atoms with Gasteiger partial charge in [0, 0.05) is 19.3 Å². The first kappa shape index (κ1) is 31.6. The Kier molecular flexibility index (Phi) is 14.4. The third-order valence-electron chi connectivity index (χ3n) is 4.62. The summed E-state index contributed by atoms with van der Waals surface area (Å²) in [4.78, 5) is 38.2. The molecule has 2 amide bonds. The van der Waals surface area contributed by atoms with E-state index in [1.54, 1.807) is 18.2 Å². The van der Waals surface area contributed by atoms with Crippen LogP contribution in [0.15, 0.2) is 53.6 Å². The number of aliphatic carboxylic acids is 1. The number of pyridine rings is 1. The van der Waals surface area contributed by atoms with Gasteiger partial charge in [0.05, 0.1) is 50.1 Å². The van der Waals surface area contributed by atoms with Crippen LogP contribution in [0.3, 0.4) is 0 Å². The smallest absolute Gasteiger partial charge is 0.329 e. The monoisotopic (exact) mass is 568 g/mol. The number of anilines is 1. The van der Waals surface area contributed by atoms with Gasteiger partial charge in [-0.1, -0.05) is 18.2 Å². The van der Waals surface area contributed by atoms with Gasteiger partial charge in [0.2, 0.25) is 5.91 Å². The van der Waals surface area contributed by atoms with Crippen LogP contribution in [0, 0.1) is 0 Å². The summed E-state index contributed by atoms with van der Waals surface area (Å²) in [7, 11) is -3.77. The average molecular weight is 569 g/mol. The van der Waals surface area contributed by atoms with Gasteiger partial charge >= 0.3 is 5.97 Å². The minimum atomic E-state index is -3.77. The number of benzene rings is 1. The highest BCUT2D eigenvalue weighted by molar-refractivity contribution is 7.92. The summed E-state index contributed by atoms with van der Waals surface area (Å²) in [5.41, 5.74) is 0.254. The molecule has 1 heterocycles. The molecule has 4 N–H and O–H groups in total. The lowest BCUT2D eigenvalue weighted by molar-refractivity contribution is -0.142. The highest BCUT2D eigenvalue weighted by Crippen LogP contribution is 2.14. The molecule has 214 valence electrons. The summed E-state index contributed by atoms with van der Waals surface area (Å²) in [6.07, 6.45) is 1.26. The third-order valence-corrected chi connectivity index (χ3v) is 5.99. The quantitative estimate of drug-likeness (QED) is 0.156. The minimum Gasteiger partial charge on any atom is -0.480 e. The number of ether oxygens (including phenoxy) is 4. The van der Waals surface area contributed by atoms with Crippen LogP contribution < -0.4 is 15.4 Å². The molecule has 0 radical (unpaired) electrons. The Morgan fingerprint density at radius 1 is 0.769 bits per heavy atom. The molecule has 0 aliphatic heterocycles. The Bertz CT molecular complexity index is 1130. The number of carboxylic acids is 1. The van der Waals surface area contributed by atoms with Gasteiger partial charge in [-0.3, -0.25) is 14.3 Å². The van der Waals surface area contributed by atoms with Gasteiger partial charge < -0.3 is 34.7 Å². The maximum Gasteiger partial charge on any atom is 0.329 e. The van der Waals surface area contributed by atoms with Crippen molar-refractivity contribution >= 4 is 33.6 Å². The number of amides is 2. The number of hydrogen-bond acceptors (Lipinski definition) is 10. The lowest BCUT2D eigenvalue weighted by Crippen LogP contribution is -2.31. The van der Waals surface area contributed by atoms with Crippen LogP contribution >= 0.6 is 0 Å². The summed E-state index contributed by atoms with van der Waals surface area (Å²) in [6, 6.07) is 10.7. The Labute approximate surface area is 226 Å². The number of nitrogens with one attached hydrogen (secondary N) is 3. The molecule has 1 aromatic heterocycles. The number of aromatic nitrogens is 1. The molecule has 2 rings (SSSR count). The summed E-state index contributed by atoms with van der Waals surface area (Å²) in [5.74, 6) is -1.68. The first-order valence-corrected chi connectivity index (χ1v) is 13.4. The zero-order chi connectivity index (χ0) is 28.3. The second-order valence-electron chi connectivity index (χ2n) is 7.68. The van der Waals surface area contributed by atoms with Gasteiger partial charge in [-0.05, 0) is 24.3 Å². The first-order valence-electron chi connectivity index (χ1n) is 11.9. The summed E-state index contributed by atoms with van der Waals surface area (Å²) < 4.78 is 47.5. The van der Waals surface area contributed by atoms with Crippen molar-refractivity contribution in [2.75, 3.05) is 70.7 Å². The Hall–Kier alpha value is -3.63. The van der Waals surface area contributed by atoms with Crippen molar-refractivity contribution < 1.29 is 46.9 Å². The second-order valence-corrected chi connectivity index (χ2v) is 9.36. The molecule has 0 atom stereocenters. The fourth-order valence-corrected chi connectivity index (χ4v) is 3.83. The number of sulfonamides is 1. The van der Waals surface area contributed by atoms with Crippen molar-refractivity contribution in [3.8, 4) is 0 Å². The average Bonchev–Trinajstić information content (AvgIpc) is 2.92. The lowest BCUT2D eigenvalue weighted by atomic mass is 10.2. The van der Waals surface area contributed by atoms with E-state index in [-0.39, 0.29) is 88.1 Å². The zero-order valence-electron chi connectivity index (χ0n) is 21.2. The molecule has 39 heavy (non-hydrogen) atoms.